The van der Waals surface area contributed by atoms with E-state index in [4.69, 9.17) is 4.74 Å². The van der Waals surface area contributed by atoms with Crippen molar-refractivity contribution < 1.29 is 14.3 Å². The number of hydrogen-bond donors (Lipinski definition) is 1. The lowest BCUT2D eigenvalue weighted by molar-refractivity contribution is -0.113. The summed E-state index contributed by atoms with van der Waals surface area (Å²) in [4.78, 5) is 28.9. The number of anilines is 1. The van der Waals surface area contributed by atoms with Crippen molar-refractivity contribution in [3.8, 4) is 0 Å². The van der Waals surface area contributed by atoms with Gasteiger partial charge in [-0.25, -0.2) is 9.78 Å². The normalized spacial score (nSPS) is 11.3. The Morgan fingerprint density at radius 1 is 1.16 bits per heavy atom. The molecule has 0 unspecified atom stereocenters. The molecule has 3 aromatic heterocycles. The number of amides is 1. The number of rotatable bonds is 5. The molecule has 1 aromatic carbocycles. The highest BCUT2D eigenvalue weighted by atomic mass is 32.2. The Bertz CT molecular complexity index is 1340. The van der Waals surface area contributed by atoms with Gasteiger partial charge in [0.15, 0.2) is 15.9 Å². The largest absolute Gasteiger partial charge is 0.465 e. The van der Waals surface area contributed by atoms with E-state index >= 15 is 0 Å². The van der Waals surface area contributed by atoms with Gasteiger partial charge in [-0.2, -0.15) is 0 Å². The molecule has 0 bridgehead atoms. The first-order valence-corrected chi connectivity index (χ1v) is 11.3. The number of nitrogens with zero attached hydrogens (tertiary/aromatic N) is 4. The standard InChI is InChI=1S/C21H21N5O3S2/c1-10-6-7-14-8-11(2)18-24-25-21(26(18)16(14)12(10)3)30-9-15(27)23-20-22-13(4)17(31-20)19(28)29-5/h6-8H,9H2,1-5H3,(H,22,23,27). The Balaban J connectivity index is 1.59. The molecule has 0 fully saturated rings. The van der Waals surface area contributed by atoms with Crippen molar-refractivity contribution in [3.05, 3.63) is 45.5 Å². The summed E-state index contributed by atoms with van der Waals surface area (Å²) in [7, 11) is 1.31. The third kappa shape index (κ3) is 3.88. The number of pyridine rings is 1. The number of ether oxygens (including phenoxy) is 1. The van der Waals surface area contributed by atoms with Crippen LogP contribution in [0.2, 0.25) is 0 Å². The van der Waals surface area contributed by atoms with Crippen LogP contribution in [0, 0.1) is 27.7 Å². The van der Waals surface area contributed by atoms with Crippen LogP contribution in [0.4, 0.5) is 5.13 Å². The van der Waals surface area contributed by atoms with Gasteiger partial charge in [0, 0.05) is 0 Å². The predicted molar refractivity (Wildman–Crippen MR) is 122 cm³/mol. The van der Waals surface area contributed by atoms with Crippen molar-refractivity contribution in [3.63, 3.8) is 0 Å². The second-order valence-electron chi connectivity index (χ2n) is 7.18. The number of esters is 1. The maximum Gasteiger partial charge on any atom is 0.350 e. The van der Waals surface area contributed by atoms with Crippen LogP contribution in [-0.2, 0) is 9.53 Å². The highest BCUT2D eigenvalue weighted by Crippen LogP contribution is 2.29. The number of fused-ring (bicyclic) bond motifs is 3. The maximum atomic E-state index is 12.5. The summed E-state index contributed by atoms with van der Waals surface area (Å²) in [6.07, 6.45) is 0. The molecule has 4 aromatic rings. The highest BCUT2D eigenvalue weighted by Gasteiger charge is 2.19. The summed E-state index contributed by atoms with van der Waals surface area (Å²) in [5.41, 5.74) is 5.71. The molecule has 31 heavy (non-hydrogen) atoms. The SMILES string of the molecule is COC(=O)c1sc(NC(=O)CSc2nnc3c(C)cc4ccc(C)c(C)c4n23)nc1C. The Morgan fingerprint density at radius 3 is 2.68 bits per heavy atom. The topological polar surface area (TPSA) is 98.5 Å². The van der Waals surface area contributed by atoms with Crippen LogP contribution >= 0.6 is 23.1 Å². The van der Waals surface area contributed by atoms with Crippen LogP contribution in [0.5, 0.6) is 0 Å². The van der Waals surface area contributed by atoms with Gasteiger partial charge >= 0.3 is 5.97 Å². The van der Waals surface area contributed by atoms with E-state index in [1.165, 1.54) is 24.4 Å². The molecule has 0 aliphatic heterocycles. The molecule has 0 radical (unpaired) electrons. The molecule has 0 spiro atoms. The van der Waals surface area contributed by atoms with Gasteiger partial charge in [-0.05, 0) is 55.8 Å². The van der Waals surface area contributed by atoms with Gasteiger partial charge in [-0.1, -0.05) is 35.2 Å². The van der Waals surface area contributed by atoms with Crippen LogP contribution in [-0.4, -0.2) is 44.3 Å². The molecular formula is C21H21N5O3S2. The number of thioether (sulfide) groups is 1. The van der Waals surface area contributed by atoms with E-state index < -0.39 is 5.97 Å². The molecule has 0 aliphatic rings. The Morgan fingerprint density at radius 2 is 1.94 bits per heavy atom. The Labute approximate surface area is 187 Å². The quantitative estimate of drug-likeness (QED) is 0.357. The van der Waals surface area contributed by atoms with Gasteiger partial charge in [0.05, 0.1) is 24.1 Å². The number of carbonyl (C=O) groups is 2. The van der Waals surface area contributed by atoms with Gasteiger partial charge in [0.2, 0.25) is 5.91 Å². The van der Waals surface area contributed by atoms with Crippen LogP contribution in [0.25, 0.3) is 16.6 Å². The minimum Gasteiger partial charge on any atom is -0.465 e. The summed E-state index contributed by atoms with van der Waals surface area (Å²) in [6.45, 7) is 7.86. The monoisotopic (exact) mass is 455 g/mol. The first kappa shape index (κ1) is 21.3. The van der Waals surface area contributed by atoms with Gasteiger partial charge in [-0.3, -0.25) is 9.20 Å². The number of thiazole rings is 1. The second kappa shape index (κ2) is 8.27. The number of methoxy groups -OCH3 is 1. The number of benzene rings is 1. The number of hydrogen-bond acceptors (Lipinski definition) is 8. The molecule has 0 aliphatic carbocycles. The molecule has 1 N–H and O–H groups in total. The van der Waals surface area contributed by atoms with E-state index in [1.54, 1.807) is 6.92 Å². The van der Waals surface area contributed by atoms with E-state index in [2.05, 4.69) is 52.5 Å². The molecule has 3 heterocycles. The van der Waals surface area contributed by atoms with E-state index in [0.717, 1.165) is 39.0 Å². The molecular weight excluding hydrogens is 434 g/mol. The van der Waals surface area contributed by atoms with Gasteiger partial charge in [0.1, 0.15) is 4.88 Å². The van der Waals surface area contributed by atoms with Crippen LogP contribution in [0.1, 0.15) is 32.1 Å². The smallest absolute Gasteiger partial charge is 0.350 e. The zero-order valence-electron chi connectivity index (χ0n) is 17.8. The molecule has 4 rings (SSSR count). The van der Waals surface area contributed by atoms with Crippen molar-refractivity contribution >= 4 is 56.7 Å². The lowest BCUT2D eigenvalue weighted by Crippen LogP contribution is -2.14. The lowest BCUT2D eigenvalue weighted by atomic mass is 10.0. The van der Waals surface area contributed by atoms with Gasteiger partial charge in [-0.15, -0.1) is 10.2 Å². The summed E-state index contributed by atoms with van der Waals surface area (Å²) in [5.74, 6) is -0.572. The first-order chi connectivity index (χ1) is 14.8. The maximum absolute atomic E-state index is 12.5. The third-order valence-corrected chi connectivity index (χ3v) is 7.04. The Hall–Kier alpha value is -2.98. The first-order valence-electron chi connectivity index (χ1n) is 9.53. The van der Waals surface area contributed by atoms with Crippen molar-refractivity contribution in [2.75, 3.05) is 18.2 Å². The zero-order valence-corrected chi connectivity index (χ0v) is 19.4. The summed E-state index contributed by atoms with van der Waals surface area (Å²) >= 11 is 2.40. The van der Waals surface area contributed by atoms with E-state index in [9.17, 15) is 9.59 Å². The number of aromatic nitrogens is 4. The van der Waals surface area contributed by atoms with Crippen LogP contribution in [0.3, 0.4) is 0 Å². The molecule has 0 saturated carbocycles. The van der Waals surface area contributed by atoms with E-state index in [0.29, 0.717) is 20.9 Å². The second-order valence-corrected chi connectivity index (χ2v) is 9.12. The fourth-order valence-electron chi connectivity index (χ4n) is 3.37. The fraction of sp³-hybridized carbons (Fsp3) is 0.286. The third-order valence-electron chi connectivity index (χ3n) is 5.06. The fourth-order valence-corrected chi connectivity index (χ4v) is 5.01. The lowest BCUT2D eigenvalue weighted by Gasteiger charge is -2.11. The van der Waals surface area contributed by atoms with Crippen molar-refractivity contribution in [1.82, 2.24) is 19.6 Å². The number of aryl methyl sites for hydroxylation is 4. The molecule has 0 atom stereocenters. The molecule has 8 nitrogen and oxygen atoms in total. The summed E-state index contributed by atoms with van der Waals surface area (Å²) in [6, 6.07) is 6.30. The van der Waals surface area contributed by atoms with Gasteiger partial charge < -0.3 is 10.1 Å². The van der Waals surface area contributed by atoms with Crippen molar-refractivity contribution in [2.45, 2.75) is 32.9 Å². The van der Waals surface area contributed by atoms with Gasteiger partial charge in [0.25, 0.3) is 0 Å². The average molecular weight is 456 g/mol. The summed E-state index contributed by atoms with van der Waals surface area (Å²) < 4.78 is 6.75. The van der Waals surface area contributed by atoms with E-state index in [-0.39, 0.29) is 11.7 Å². The highest BCUT2D eigenvalue weighted by molar-refractivity contribution is 7.99. The zero-order chi connectivity index (χ0) is 22.3. The molecule has 1 amide bonds. The molecule has 160 valence electrons. The summed E-state index contributed by atoms with van der Waals surface area (Å²) in [5, 5.41) is 13.5. The minimum atomic E-state index is -0.465. The Kier molecular flexibility index (Phi) is 5.67. The predicted octanol–water partition coefficient (Wildman–Crippen LogP) is 4.09. The molecule has 0 saturated heterocycles. The molecule has 10 heteroatoms. The average Bonchev–Trinajstić information content (AvgIpc) is 3.32. The van der Waals surface area contributed by atoms with Crippen molar-refractivity contribution in [1.29, 1.82) is 0 Å². The minimum absolute atomic E-state index is 0.132. The van der Waals surface area contributed by atoms with Crippen molar-refractivity contribution in [2.24, 2.45) is 0 Å². The van der Waals surface area contributed by atoms with Crippen LogP contribution in [0.15, 0.2) is 23.4 Å². The number of nitrogens with one attached hydrogen (secondary N) is 1. The number of carbonyl (C=O) groups excluding carboxylic acids is 2. The van der Waals surface area contributed by atoms with E-state index in [1.807, 2.05) is 11.3 Å². The van der Waals surface area contributed by atoms with Crippen LogP contribution < -0.4 is 5.32 Å².